The maximum absolute atomic E-state index is 12.7. The van der Waals surface area contributed by atoms with Gasteiger partial charge in [0, 0.05) is 32.2 Å². The van der Waals surface area contributed by atoms with Gasteiger partial charge in [0.25, 0.3) is 0 Å². The van der Waals surface area contributed by atoms with Gasteiger partial charge < -0.3 is 10.2 Å². The van der Waals surface area contributed by atoms with Crippen LogP contribution in [0.4, 0.5) is 4.79 Å². The van der Waals surface area contributed by atoms with Crippen LogP contribution in [-0.2, 0) is 10.0 Å². The third-order valence-electron chi connectivity index (χ3n) is 5.60. The molecular formula is C19H29N3O3S. The second-order valence-electron chi connectivity index (χ2n) is 7.52. The van der Waals surface area contributed by atoms with Gasteiger partial charge in [0.15, 0.2) is 0 Å². The van der Waals surface area contributed by atoms with Crippen molar-refractivity contribution >= 4 is 16.1 Å². The highest BCUT2D eigenvalue weighted by Crippen LogP contribution is 2.24. The van der Waals surface area contributed by atoms with Crippen molar-refractivity contribution in [3.8, 4) is 0 Å². The Bertz CT molecular complexity index is 725. The molecule has 2 aliphatic rings. The number of piperazine rings is 1. The first-order valence-corrected chi connectivity index (χ1v) is 10.9. The van der Waals surface area contributed by atoms with Crippen molar-refractivity contribution in [3.05, 3.63) is 29.8 Å². The van der Waals surface area contributed by atoms with Crippen LogP contribution in [-0.4, -0.2) is 55.9 Å². The van der Waals surface area contributed by atoms with E-state index in [1.165, 1.54) is 10.7 Å². The molecule has 6 nitrogen and oxygen atoms in total. The van der Waals surface area contributed by atoms with Gasteiger partial charge in [0.2, 0.25) is 10.0 Å². The molecule has 7 heteroatoms. The predicted octanol–water partition coefficient (Wildman–Crippen LogP) is 2.59. The Morgan fingerprint density at radius 1 is 1.04 bits per heavy atom. The molecule has 3 rings (SSSR count). The summed E-state index contributed by atoms with van der Waals surface area (Å²) in [5.41, 5.74) is 1.03. The zero-order chi connectivity index (χ0) is 18.7. The normalized spacial score (nSPS) is 25.1. The van der Waals surface area contributed by atoms with E-state index in [0.29, 0.717) is 37.0 Å². The topological polar surface area (TPSA) is 69.7 Å². The van der Waals surface area contributed by atoms with Crippen molar-refractivity contribution in [1.29, 1.82) is 0 Å². The minimum atomic E-state index is -3.49. The highest BCUT2D eigenvalue weighted by Gasteiger charge is 2.31. The fourth-order valence-corrected chi connectivity index (χ4v) is 5.19. The van der Waals surface area contributed by atoms with Crippen LogP contribution in [0.25, 0.3) is 0 Å². The van der Waals surface area contributed by atoms with E-state index in [2.05, 4.69) is 12.2 Å². The monoisotopic (exact) mass is 379 g/mol. The van der Waals surface area contributed by atoms with Gasteiger partial charge in [-0.05, 0) is 37.8 Å². The summed E-state index contributed by atoms with van der Waals surface area (Å²) in [6.07, 6.45) is 4.60. The van der Waals surface area contributed by atoms with E-state index < -0.39 is 10.0 Å². The van der Waals surface area contributed by atoms with Gasteiger partial charge >= 0.3 is 6.03 Å². The molecule has 0 unspecified atom stereocenters. The summed E-state index contributed by atoms with van der Waals surface area (Å²) in [5.74, 6) is 0.510. The second kappa shape index (κ2) is 7.96. The molecule has 1 aliphatic carbocycles. The Morgan fingerprint density at radius 3 is 2.27 bits per heavy atom. The zero-order valence-corrected chi connectivity index (χ0v) is 16.5. The van der Waals surface area contributed by atoms with Gasteiger partial charge in [0.05, 0.1) is 4.90 Å². The van der Waals surface area contributed by atoms with Gasteiger partial charge in [0.1, 0.15) is 0 Å². The van der Waals surface area contributed by atoms with Gasteiger partial charge in [-0.15, -0.1) is 0 Å². The van der Waals surface area contributed by atoms with Crippen molar-refractivity contribution in [2.75, 3.05) is 26.2 Å². The third-order valence-corrected chi connectivity index (χ3v) is 7.52. The number of sulfonamides is 1. The van der Waals surface area contributed by atoms with Crippen LogP contribution in [0.1, 0.15) is 38.2 Å². The molecule has 26 heavy (non-hydrogen) atoms. The van der Waals surface area contributed by atoms with E-state index in [0.717, 1.165) is 24.8 Å². The maximum Gasteiger partial charge on any atom is 0.317 e. The quantitative estimate of drug-likeness (QED) is 0.878. The van der Waals surface area contributed by atoms with E-state index in [-0.39, 0.29) is 12.1 Å². The smallest absolute Gasteiger partial charge is 0.317 e. The molecule has 0 spiro atoms. The minimum absolute atomic E-state index is 0.0591. The van der Waals surface area contributed by atoms with Crippen molar-refractivity contribution < 1.29 is 13.2 Å². The zero-order valence-electron chi connectivity index (χ0n) is 15.6. The van der Waals surface area contributed by atoms with Crippen molar-refractivity contribution in [2.24, 2.45) is 5.92 Å². The maximum atomic E-state index is 12.7. The predicted molar refractivity (Wildman–Crippen MR) is 101 cm³/mol. The first-order chi connectivity index (χ1) is 12.4. The molecular weight excluding hydrogens is 350 g/mol. The summed E-state index contributed by atoms with van der Waals surface area (Å²) in [5, 5.41) is 3.15. The Hall–Kier alpha value is -1.60. The Balaban J connectivity index is 1.56. The van der Waals surface area contributed by atoms with E-state index in [4.69, 9.17) is 0 Å². The van der Waals surface area contributed by atoms with Crippen molar-refractivity contribution in [3.63, 3.8) is 0 Å². The number of aryl methyl sites for hydroxylation is 1. The van der Waals surface area contributed by atoms with Gasteiger partial charge in [-0.2, -0.15) is 4.31 Å². The molecule has 1 saturated heterocycles. The third kappa shape index (κ3) is 4.20. The summed E-state index contributed by atoms with van der Waals surface area (Å²) in [4.78, 5) is 14.6. The Morgan fingerprint density at radius 2 is 1.65 bits per heavy atom. The first-order valence-electron chi connectivity index (χ1n) is 9.50. The number of carbonyl (C=O) groups is 1. The fraction of sp³-hybridized carbons (Fsp3) is 0.632. The molecule has 1 aromatic carbocycles. The molecule has 144 valence electrons. The van der Waals surface area contributed by atoms with Gasteiger partial charge in [-0.1, -0.05) is 37.5 Å². The van der Waals surface area contributed by atoms with Crippen LogP contribution in [0.5, 0.6) is 0 Å². The van der Waals surface area contributed by atoms with E-state index in [1.807, 2.05) is 19.1 Å². The summed E-state index contributed by atoms with van der Waals surface area (Å²) < 4.78 is 27.0. The molecule has 0 aromatic heterocycles. The molecule has 1 aliphatic heterocycles. The number of carbonyl (C=O) groups excluding carboxylic acids is 1. The van der Waals surface area contributed by atoms with Crippen molar-refractivity contribution in [2.45, 2.75) is 50.5 Å². The molecule has 2 atom stereocenters. The van der Waals surface area contributed by atoms with Gasteiger partial charge in [-0.25, -0.2) is 13.2 Å². The molecule has 1 saturated carbocycles. The van der Waals surface area contributed by atoms with Crippen LogP contribution in [0.2, 0.25) is 0 Å². The average molecular weight is 380 g/mol. The van der Waals surface area contributed by atoms with E-state index >= 15 is 0 Å². The lowest BCUT2D eigenvalue weighted by molar-refractivity contribution is 0.161. The molecule has 2 fully saturated rings. The number of rotatable bonds is 3. The van der Waals surface area contributed by atoms with E-state index in [1.54, 1.807) is 17.0 Å². The molecule has 2 amide bonds. The van der Waals surface area contributed by atoms with E-state index in [9.17, 15) is 13.2 Å². The largest absolute Gasteiger partial charge is 0.335 e. The van der Waals surface area contributed by atoms with Gasteiger partial charge in [-0.3, -0.25) is 0 Å². The second-order valence-corrected chi connectivity index (χ2v) is 9.46. The summed E-state index contributed by atoms with van der Waals surface area (Å²) in [7, 11) is -3.49. The summed E-state index contributed by atoms with van der Waals surface area (Å²) in [6.45, 7) is 5.65. The lowest BCUT2D eigenvalue weighted by atomic mass is 9.86. The number of benzene rings is 1. The molecule has 0 bridgehead atoms. The first kappa shape index (κ1) is 19.2. The summed E-state index contributed by atoms with van der Waals surface area (Å²) in [6, 6.07) is 7.09. The number of urea groups is 1. The van der Waals surface area contributed by atoms with Crippen LogP contribution in [0, 0.1) is 12.8 Å². The number of hydrogen-bond acceptors (Lipinski definition) is 3. The van der Waals surface area contributed by atoms with Crippen LogP contribution in [0.15, 0.2) is 29.2 Å². The number of amides is 2. The molecule has 1 aromatic rings. The van der Waals surface area contributed by atoms with Crippen LogP contribution < -0.4 is 5.32 Å². The lowest BCUT2D eigenvalue weighted by Gasteiger charge is -2.36. The lowest BCUT2D eigenvalue weighted by Crippen LogP contribution is -2.55. The molecule has 1 N–H and O–H groups in total. The molecule has 0 radical (unpaired) electrons. The highest BCUT2D eigenvalue weighted by atomic mass is 32.2. The number of nitrogens with one attached hydrogen (secondary N) is 1. The van der Waals surface area contributed by atoms with Crippen molar-refractivity contribution in [1.82, 2.24) is 14.5 Å². The Labute approximate surface area is 156 Å². The fourth-order valence-electron chi connectivity index (χ4n) is 3.77. The van der Waals surface area contributed by atoms with Crippen LogP contribution in [0.3, 0.4) is 0 Å². The molecule has 1 heterocycles. The average Bonchev–Trinajstić information content (AvgIpc) is 2.64. The van der Waals surface area contributed by atoms with Crippen LogP contribution >= 0.6 is 0 Å². The Kier molecular flexibility index (Phi) is 5.87. The summed E-state index contributed by atoms with van der Waals surface area (Å²) >= 11 is 0. The standard InChI is InChI=1S/C19H29N3O3S/c1-15-7-9-17(10-8-15)26(24,25)22-13-11-21(12-14-22)19(23)20-18-6-4-3-5-16(18)2/h7-10,16,18H,3-6,11-14H2,1-2H3,(H,20,23)/t16-,18-/m0/s1. The SMILES string of the molecule is Cc1ccc(S(=O)(=O)N2CCN(C(=O)N[C@H]3CCCC[C@@H]3C)CC2)cc1. The number of hydrogen-bond donors (Lipinski definition) is 1. The highest BCUT2D eigenvalue weighted by molar-refractivity contribution is 7.89. The number of nitrogens with zero attached hydrogens (tertiary/aromatic N) is 2. The minimum Gasteiger partial charge on any atom is -0.335 e.